The number of hydrogen-bond acceptors (Lipinski definition) is 7. The van der Waals surface area contributed by atoms with Gasteiger partial charge in [-0.25, -0.2) is 0 Å². The van der Waals surface area contributed by atoms with Crippen LogP contribution in [0.25, 0.3) is 0 Å². The molecule has 0 spiro atoms. The number of methoxy groups -OCH3 is 3. The van der Waals surface area contributed by atoms with Gasteiger partial charge in [0.25, 0.3) is 0 Å². The van der Waals surface area contributed by atoms with Crippen LogP contribution in [0, 0.1) is 0 Å². The van der Waals surface area contributed by atoms with Crippen LogP contribution in [0.15, 0.2) is 48.5 Å². The smallest absolute Gasteiger partial charge is 0.340 e. The van der Waals surface area contributed by atoms with Crippen molar-refractivity contribution < 1.29 is 31.6 Å². The molecule has 0 aromatic heterocycles. The zero-order valence-electron chi connectivity index (χ0n) is 15.7. The molecule has 0 radical (unpaired) electrons. The number of benzene rings is 2. The summed E-state index contributed by atoms with van der Waals surface area (Å²) in [6.07, 6.45) is 0. The molecule has 2 aromatic rings. The summed E-state index contributed by atoms with van der Waals surface area (Å²) in [5.41, 5.74) is 1.29. The third kappa shape index (κ3) is 3.82. The van der Waals surface area contributed by atoms with Gasteiger partial charge in [-0.3, -0.25) is 8.98 Å². The Hall–Kier alpha value is -2.62. The number of carbonyl (C=O) groups is 1. The Morgan fingerprint density at radius 2 is 1.43 bits per heavy atom. The first-order valence-electron chi connectivity index (χ1n) is 8.45. The SMILES string of the molecule is COC(=O)C1COS(=O)(=O)N1C(c1ccc(OC)cc1)c1ccc(OC)cc1. The van der Waals surface area contributed by atoms with Gasteiger partial charge in [0, 0.05) is 0 Å². The number of esters is 1. The largest absolute Gasteiger partial charge is 0.497 e. The van der Waals surface area contributed by atoms with Crippen LogP contribution >= 0.6 is 0 Å². The van der Waals surface area contributed by atoms with E-state index in [0.717, 1.165) is 4.31 Å². The quantitative estimate of drug-likeness (QED) is 0.676. The summed E-state index contributed by atoms with van der Waals surface area (Å²) >= 11 is 0. The summed E-state index contributed by atoms with van der Waals surface area (Å²) in [5, 5.41) is 0. The maximum absolute atomic E-state index is 12.7. The third-order valence-electron chi connectivity index (χ3n) is 4.53. The molecule has 1 heterocycles. The van der Waals surface area contributed by atoms with Gasteiger partial charge in [0.1, 0.15) is 11.5 Å². The van der Waals surface area contributed by atoms with Crippen molar-refractivity contribution in [3.05, 3.63) is 59.7 Å². The van der Waals surface area contributed by atoms with Crippen molar-refractivity contribution in [1.82, 2.24) is 4.31 Å². The number of nitrogens with zero attached hydrogens (tertiary/aromatic N) is 1. The van der Waals surface area contributed by atoms with E-state index in [1.807, 2.05) is 0 Å². The molecule has 1 aliphatic rings. The molecule has 8 nitrogen and oxygen atoms in total. The molecule has 2 aromatic carbocycles. The monoisotopic (exact) mass is 407 g/mol. The molecular formula is C19H21NO7S. The predicted molar refractivity (Wildman–Crippen MR) is 100 cm³/mol. The van der Waals surface area contributed by atoms with E-state index in [1.54, 1.807) is 62.8 Å². The molecule has 0 saturated carbocycles. The molecule has 0 N–H and O–H groups in total. The second-order valence-corrected chi connectivity index (χ2v) is 7.57. The Labute approximate surface area is 163 Å². The average molecular weight is 407 g/mol. The standard InChI is InChI=1S/C19H21NO7S/c1-24-15-8-4-13(5-9-15)18(14-6-10-16(25-2)11-7-14)20-17(19(21)26-3)12-27-28(20,22)23/h4-11,17-18H,12H2,1-3H3. The zero-order valence-corrected chi connectivity index (χ0v) is 16.5. The predicted octanol–water partition coefficient (Wildman–Crippen LogP) is 1.91. The highest BCUT2D eigenvalue weighted by atomic mass is 32.2. The molecule has 1 aliphatic heterocycles. The summed E-state index contributed by atoms with van der Waals surface area (Å²) in [6, 6.07) is 12.0. The average Bonchev–Trinajstić information content (AvgIpc) is 3.03. The van der Waals surface area contributed by atoms with Crippen LogP contribution in [-0.2, 0) is 24.0 Å². The van der Waals surface area contributed by atoms with Gasteiger partial charge in [0.2, 0.25) is 0 Å². The lowest BCUT2D eigenvalue weighted by molar-refractivity contribution is -0.145. The molecule has 1 unspecified atom stereocenters. The molecule has 0 bridgehead atoms. The van der Waals surface area contributed by atoms with Gasteiger partial charge in [-0.2, -0.15) is 12.7 Å². The minimum Gasteiger partial charge on any atom is -0.497 e. The van der Waals surface area contributed by atoms with E-state index in [-0.39, 0.29) is 6.61 Å². The number of ether oxygens (including phenoxy) is 3. The first-order chi connectivity index (χ1) is 13.4. The van der Waals surface area contributed by atoms with Gasteiger partial charge >= 0.3 is 16.3 Å². The Kier molecular flexibility index (Phi) is 5.87. The van der Waals surface area contributed by atoms with Gasteiger partial charge in [-0.1, -0.05) is 24.3 Å². The highest BCUT2D eigenvalue weighted by Gasteiger charge is 2.48. The van der Waals surface area contributed by atoms with Crippen molar-refractivity contribution >= 4 is 16.3 Å². The topological polar surface area (TPSA) is 91.4 Å². The fraction of sp³-hybridized carbons (Fsp3) is 0.316. The maximum Gasteiger partial charge on any atom is 0.340 e. The van der Waals surface area contributed by atoms with E-state index in [2.05, 4.69) is 0 Å². The lowest BCUT2D eigenvalue weighted by atomic mass is 9.97. The zero-order chi connectivity index (χ0) is 20.3. The van der Waals surface area contributed by atoms with Crippen LogP contribution in [0.5, 0.6) is 11.5 Å². The Bertz CT molecular complexity index is 878. The van der Waals surface area contributed by atoms with Crippen LogP contribution in [-0.4, -0.2) is 52.7 Å². The van der Waals surface area contributed by atoms with Gasteiger partial charge < -0.3 is 14.2 Å². The molecule has 0 amide bonds. The van der Waals surface area contributed by atoms with Crippen molar-refractivity contribution in [3.63, 3.8) is 0 Å². The lowest BCUT2D eigenvalue weighted by Crippen LogP contribution is -2.43. The molecule has 0 aliphatic carbocycles. The van der Waals surface area contributed by atoms with E-state index < -0.39 is 28.4 Å². The Morgan fingerprint density at radius 3 is 1.82 bits per heavy atom. The Morgan fingerprint density at radius 1 is 0.964 bits per heavy atom. The second-order valence-electron chi connectivity index (χ2n) is 6.06. The fourth-order valence-corrected chi connectivity index (χ4v) is 4.50. The van der Waals surface area contributed by atoms with Crippen LogP contribution in [0.1, 0.15) is 17.2 Å². The van der Waals surface area contributed by atoms with Crippen LogP contribution in [0.2, 0.25) is 0 Å². The Balaban J connectivity index is 2.14. The van der Waals surface area contributed by atoms with Crippen molar-refractivity contribution in [2.75, 3.05) is 27.9 Å². The normalized spacial score (nSPS) is 18.8. The molecule has 3 rings (SSSR count). The molecule has 9 heteroatoms. The molecule has 1 saturated heterocycles. The fourth-order valence-electron chi connectivity index (χ4n) is 3.12. The highest BCUT2D eigenvalue weighted by molar-refractivity contribution is 7.84. The van der Waals surface area contributed by atoms with E-state index in [1.165, 1.54) is 7.11 Å². The first kappa shape index (κ1) is 20.1. The minimum absolute atomic E-state index is 0.308. The van der Waals surface area contributed by atoms with Crippen molar-refractivity contribution in [2.45, 2.75) is 12.1 Å². The van der Waals surface area contributed by atoms with E-state index in [4.69, 9.17) is 18.4 Å². The second kappa shape index (κ2) is 8.17. The van der Waals surface area contributed by atoms with Crippen LogP contribution in [0.3, 0.4) is 0 Å². The minimum atomic E-state index is -4.15. The van der Waals surface area contributed by atoms with Crippen molar-refractivity contribution in [3.8, 4) is 11.5 Å². The van der Waals surface area contributed by atoms with Crippen LogP contribution < -0.4 is 9.47 Å². The molecule has 150 valence electrons. The summed E-state index contributed by atoms with van der Waals surface area (Å²) in [7, 11) is 0.149. The first-order valence-corrected chi connectivity index (χ1v) is 9.81. The summed E-state index contributed by atoms with van der Waals surface area (Å²) in [6.45, 7) is -0.308. The summed E-state index contributed by atoms with van der Waals surface area (Å²) in [5.74, 6) is 0.567. The number of rotatable bonds is 6. The van der Waals surface area contributed by atoms with Crippen molar-refractivity contribution in [1.29, 1.82) is 0 Å². The highest BCUT2D eigenvalue weighted by Crippen LogP contribution is 2.37. The van der Waals surface area contributed by atoms with E-state index in [0.29, 0.717) is 22.6 Å². The van der Waals surface area contributed by atoms with Gasteiger partial charge in [0.05, 0.1) is 34.0 Å². The third-order valence-corrected chi connectivity index (χ3v) is 5.95. The summed E-state index contributed by atoms with van der Waals surface area (Å²) < 4.78 is 46.5. The van der Waals surface area contributed by atoms with E-state index in [9.17, 15) is 13.2 Å². The molecule has 1 atom stereocenters. The van der Waals surface area contributed by atoms with Gasteiger partial charge in [0.15, 0.2) is 6.04 Å². The number of hydrogen-bond donors (Lipinski definition) is 0. The maximum atomic E-state index is 12.7. The summed E-state index contributed by atoms with van der Waals surface area (Å²) in [4.78, 5) is 12.2. The van der Waals surface area contributed by atoms with Gasteiger partial charge in [-0.15, -0.1) is 0 Å². The molecule has 28 heavy (non-hydrogen) atoms. The number of carbonyl (C=O) groups excluding carboxylic acids is 1. The lowest BCUT2D eigenvalue weighted by Gasteiger charge is -2.29. The molecule has 1 fully saturated rings. The molecular weight excluding hydrogens is 386 g/mol. The van der Waals surface area contributed by atoms with E-state index >= 15 is 0 Å². The van der Waals surface area contributed by atoms with Crippen molar-refractivity contribution in [2.24, 2.45) is 0 Å². The van der Waals surface area contributed by atoms with Gasteiger partial charge in [-0.05, 0) is 35.4 Å². The van der Waals surface area contributed by atoms with Crippen LogP contribution in [0.4, 0.5) is 0 Å².